The number of benzene rings is 1. The van der Waals surface area contributed by atoms with Crippen LogP contribution in [-0.2, 0) is 16.1 Å². The van der Waals surface area contributed by atoms with Crippen molar-refractivity contribution in [3.8, 4) is 5.75 Å². The van der Waals surface area contributed by atoms with Crippen LogP contribution in [0.2, 0.25) is 0 Å². The van der Waals surface area contributed by atoms with Crippen LogP contribution in [0.5, 0.6) is 5.75 Å². The first kappa shape index (κ1) is 18.3. The molecule has 1 fully saturated rings. The average Bonchev–Trinajstić information content (AvgIpc) is 2.55. The van der Waals surface area contributed by atoms with E-state index in [9.17, 15) is 9.59 Å². The predicted octanol–water partition coefficient (Wildman–Crippen LogP) is 2.78. The fourth-order valence-electron chi connectivity index (χ4n) is 3.04. The molecular weight excluding hydrogens is 304 g/mol. The van der Waals surface area contributed by atoms with E-state index in [0.29, 0.717) is 5.92 Å². The van der Waals surface area contributed by atoms with Crippen molar-refractivity contribution in [1.82, 2.24) is 10.6 Å². The quantitative estimate of drug-likeness (QED) is 0.815. The number of hydrogen-bond acceptors (Lipinski definition) is 3. The van der Waals surface area contributed by atoms with E-state index in [2.05, 4.69) is 17.6 Å². The van der Waals surface area contributed by atoms with Gasteiger partial charge in [-0.3, -0.25) is 9.59 Å². The molecule has 0 heterocycles. The highest BCUT2D eigenvalue weighted by Crippen LogP contribution is 2.23. The summed E-state index contributed by atoms with van der Waals surface area (Å²) < 4.78 is 5.72. The lowest BCUT2D eigenvalue weighted by Crippen LogP contribution is -2.47. The first-order chi connectivity index (χ1) is 11.5. The highest BCUT2D eigenvalue weighted by molar-refractivity contribution is 6.35. The maximum atomic E-state index is 12.1. The number of nitrogens with one attached hydrogen (secondary N) is 2. The van der Waals surface area contributed by atoms with Crippen molar-refractivity contribution < 1.29 is 14.3 Å². The molecule has 0 saturated heterocycles. The fourth-order valence-corrected chi connectivity index (χ4v) is 3.04. The maximum Gasteiger partial charge on any atom is 0.309 e. The van der Waals surface area contributed by atoms with Crippen LogP contribution in [0.4, 0.5) is 0 Å². The third-order valence-corrected chi connectivity index (χ3v) is 4.41. The minimum absolute atomic E-state index is 0.0536. The normalized spacial score (nSPS) is 20.5. The predicted molar refractivity (Wildman–Crippen MR) is 93.6 cm³/mol. The standard InChI is InChI=1S/C19H28N2O3/c1-13(2)24-17-11-7-5-9-15(17)12-20-18(22)19(23)21-16-10-6-4-8-14(16)3/h5,7,9,11,13-14,16H,4,6,8,10,12H2,1-3H3,(H,20,22)(H,21,23)/t14-,16+/m0/s1. The van der Waals surface area contributed by atoms with Crippen molar-refractivity contribution in [2.75, 3.05) is 0 Å². The number of rotatable bonds is 5. The molecule has 1 aromatic carbocycles. The van der Waals surface area contributed by atoms with Gasteiger partial charge in [0.25, 0.3) is 0 Å². The molecular formula is C19H28N2O3. The van der Waals surface area contributed by atoms with Crippen LogP contribution >= 0.6 is 0 Å². The highest BCUT2D eigenvalue weighted by Gasteiger charge is 2.25. The molecule has 1 aliphatic rings. The Hall–Kier alpha value is -2.04. The molecule has 1 aromatic rings. The van der Waals surface area contributed by atoms with Gasteiger partial charge in [0.2, 0.25) is 0 Å². The van der Waals surface area contributed by atoms with Gasteiger partial charge in [-0.15, -0.1) is 0 Å². The summed E-state index contributed by atoms with van der Waals surface area (Å²) in [5.74, 6) is 0.0212. The van der Waals surface area contributed by atoms with Crippen LogP contribution in [-0.4, -0.2) is 24.0 Å². The molecule has 0 bridgehead atoms. The lowest BCUT2D eigenvalue weighted by atomic mass is 9.86. The minimum Gasteiger partial charge on any atom is -0.491 e. The number of para-hydroxylation sites is 1. The molecule has 2 N–H and O–H groups in total. The van der Waals surface area contributed by atoms with Gasteiger partial charge < -0.3 is 15.4 Å². The first-order valence-corrected chi connectivity index (χ1v) is 8.80. The van der Waals surface area contributed by atoms with E-state index >= 15 is 0 Å². The van der Waals surface area contributed by atoms with E-state index in [0.717, 1.165) is 30.6 Å². The van der Waals surface area contributed by atoms with Crippen molar-refractivity contribution >= 4 is 11.8 Å². The molecule has 0 spiro atoms. The van der Waals surface area contributed by atoms with E-state index in [-0.39, 0.29) is 18.7 Å². The summed E-state index contributed by atoms with van der Waals surface area (Å²) >= 11 is 0. The average molecular weight is 332 g/mol. The third kappa shape index (κ3) is 5.25. The Morgan fingerprint density at radius 1 is 1.17 bits per heavy atom. The topological polar surface area (TPSA) is 67.4 Å². The van der Waals surface area contributed by atoms with E-state index in [1.807, 2.05) is 38.1 Å². The Kier molecular flexibility index (Phi) is 6.64. The van der Waals surface area contributed by atoms with Gasteiger partial charge >= 0.3 is 11.8 Å². The van der Waals surface area contributed by atoms with Crippen LogP contribution in [0.3, 0.4) is 0 Å². The lowest BCUT2D eigenvalue weighted by molar-refractivity contribution is -0.140. The number of carbonyl (C=O) groups excluding carboxylic acids is 2. The van der Waals surface area contributed by atoms with Crippen LogP contribution in [0.15, 0.2) is 24.3 Å². The van der Waals surface area contributed by atoms with Crippen molar-refractivity contribution in [2.45, 2.75) is 65.1 Å². The highest BCUT2D eigenvalue weighted by atomic mass is 16.5. The molecule has 1 aliphatic carbocycles. The minimum atomic E-state index is -0.591. The van der Waals surface area contributed by atoms with Gasteiger partial charge in [0.15, 0.2) is 0 Å². The molecule has 2 atom stereocenters. The Balaban J connectivity index is 1.87. The summed E-state index contributed by atoms with van der Waals surface area (Å²) in [6.45, 7) is 6.30. The van der Waals surface area contributed by atoms with Crippen molar-refractivity contribution in [2.24, 2.45) is 5.92 Å². The summed E-state index contributed by atoms with van der Waals surface area (Å²) in [6.07, 6.45) is 4.42. The molecule has 0 unspecified atom stereocenters. The van der Waals surface area contributed by atoms with Gasteiger partial charge in [0.05, 0.1) is 6.10 Å². The van der Waals surface area contributed by atoms with E-state index in [1.54, 1.807) is 0 Å². The van der Waals surface area contributed by atoms with Crippen molar-refractivity contribution in [3.05, 3.63) is 29.8 Å². The van der Waals surface area contributed by atoms with Gasteiger partial charge in [0, 0.05) is 18.2 Å². The number of ether oxygens (including phenoxy) is 1. The number of hydrogen-bond donors (Lipinski definition) is 2. The van der Waals surface area contributed by atoms with Gasteiger partial charge in [-0.25, -0.2) is 0 Å². The number of carbonyl (C=O) groups is 2. The van der Waals surface area contributed by atoms with Crippen LogP contribution in [0.1, 0.15) is 52.0 Å². The first-order valence-electron chi connectivity index (χ1n) is 8.80. The summed E-state index contributed by atoms with van der Waals surface area (Å²) in [5, 5.41) is 5.56. The van der Waals surface area contributed by atoms with Crippen molar-refractivity contribution in [3.63, 3.8) is 0 Å². The van der Waals surface area contributed by atoms with Gasteiger partial charge in [0.1, 0.15) is 5.75 Å². The molecule has 0 aromatic heterocycles. The Labute approximate surface area is 144 Å². The second-order valence-electron chi connectivity index (χ2n) is 6.80. The van der Waals surface area contributed by atoms with Gasteiger partial charge in [-0.2, -0.15) is 0 Å². The molecule has 132 valence electrons. The smallest absolute Gasteiger partial charge is 0.309 e. The fraction of sp³-hybridized carbons (Fsp3) is 0.579. The van der Waals surface area contributed by atoms with E-state index < -0.39 is 11.8 Å². The Bertz CT molecular complexity index is 571. The molecule has 1 saturated carbocycles. The van der Waals surface area contributed by atoms with Gasteiger partial charge in [-0.1, -0.05) is 38.0 Å². The third-order valence-electron chi connectivity index (χ3n) is 4.41. The molecule has 2 amide bonds. The molecule has 0 aliphatic heterocycles. The molecule has 2 rings (SSSR count). The Morgan fingerprint density at radius 3 is 2.58 bits per heavy atom. The van der Waals surface area contributed by atoms with Crippen LogP contribution < -0.4 is 15.4 Å². The summed E-state index contributed by atoms with van der Waals surface area (Å²) in [5.41, 5.74) is 0.860. The maximum absolute atomic E-state index is 12.1. The summed E-state index contributed by atoms with van der Waals surface area (Å²) in [7, 11) is 0. The zero-order chi connectivity index (χ0) is 17.5. The lowest BCUT2D eigenvalue weighted by Gasteiger charge is -2.29. The van der Waals surface area contributed by atoms with E-state index in [4.69, 9.17) is 4.74 Å². The van der Waals surface area contributed by atoms with Crippen LogP contribution in [0.25, 0.3) is 0 Å². The largest absolute Gasteiger partial charge is 0.491 e. The van der Waals surface area contributed by atoms with Gasteiger partial charge in [-0.05, 0) is 38.7 Å². The second kappa shape index (κ2) is 8.71. The van der Waals surface area contributed by atoms with Crippen molar-refractivity contribution in [1.29, 1.82) is 0 Å². The Morgan fingerprint density at radius 2 is 1.88 bits per heavy atom. The number of amides is 2. The summed E-state index contributed by atoms with van der Waals surface area (Å²) in [6, 6.07) is 7.64. The van der Waals surface area contributed by atoms with E-state index in [1.165, 1.54) is 6.42 Å². The zero-order valence-corrected chi connectivity index (χ0v) is 14.8. The van der Waals surface area contributed by atoms with Crippen LogP contribution in [0, 0.1) is 5.92 Å². The molecule has 5 nitrogen and oxygen atoms in total. The SMILES string of the molecule is CC(C)Oc1ccccc1CNC(=O)C(=O)N[C@@H]1CCCC[C@@H]1C. The molecule has 0 radical (unpaired) electrons. The summed E-state index contributed by atoms with van der Waals surface area (Å²) in [4.78, 5) is 24.2. The second-order valence-corrected chi connectivity index (χ2v) is 6.80. The molecule has 5 heteroatoms. The zero-order valence-electron chi connectivity index (χ0n) is 14.8. The monoisotopic (exact) mass is 332 g/mol. The molecule has 24 heavy (non-hydrogen) atoms.